The fourth-order valence-electron chi connectivity index (χ4n) is 4.16. The molecule has 3 heterocycles. The van der Waals surface area contributed by atoms with Crippen molar-refractivity contribution in [1.82, 2.24) is 15.3 Å². The Balaban J connectivity index is 0.00000167. The zero-order chi connectivity index (χ0) is 26.1. The first-order valence-corrected chi connectivity index (χ1v) is 12.0. The molecule has 0 saturated carbocycles. The molecule has 0 aliphatic heterocycles. The number of aryl methyl sites for hydroxylation is 2. The Morgan fingerprint density at radius 1 is 1.06 bits per heavy atom. The number of benzene rings is 1. The Bertz CT molecular complexity index is 1390. The number of hydrogen-bond donors (Lipinski definition) is 5. The van der Waals surface area contributed by atoms with Gasteiger partial charge in [-0.25, -0.2) is 0 Å². The van der Waals surface area contributed by atoms with Gasteiger partial charge in [0.25, 0.3) is 5.56 Å². The van der Waals surface area contributed by atoms with Gasteiger partial charge in [0.05, 0.1) is 26.9 Å². The molecule has 1 unspecified atom stereocenters. The SMILES string of the molecule is CC.[B]C(O)(O)NCC(c1ccc(-c2c(C)nc(C)c3[nH]c(=O)c4sccc4c23)cc1)C([B])([B])O. The standard InChI is InChI=1S/C22H20B3N3O4S.C2H6/c1-10-16(17-14-7-8-33-19(14)20(29)28-18(17)11(2)27-10)13-5-3-12(4-6-13)15(21(23,24)30)9-26-22(25,31)32;1-2/h3-8,15,26,30-32H,9H2,1-2H3,(H,28,29);1-2H3. The molecule has 11 heteroatoms. The van der Waals surface area contributed by atoms with Crippen LogP contribution in [0.15, 0.2) is 40.5 Å². The predicted molar refractivity (Wildman–Crippen MR) is 144 cm³/mol. The molecule has 1 aromatic carbocycles. The number of aromatic nitrogens is 2. The largest absolute Gasteiger partial charge is 0.408 e. The monoisotopic (exact) mass is 485 g/mol. The van der Waals surface area contributed by atoms with Gasteiger partial charge in [0.15, 0.2) is 13.7 Å². The molecular weight excluding hydrogens is 459 g/mol. The summed E-state index contributed by atoms with van der Waals surface area (Å²) in [7, 11) is 16.6. The van der Waals surface area contributed by atoms with Crippen LogP contribution in [0.3, 0.4) is 0 Å². The summed E-state index contributed by atoms with van der Waals surface area (Å²) in [6.45, 7) is 7.57. The summed E-state index contributed by atoms with van der Waals surface area (Å²) in [5.74, 6) is -3.54. The van der Waals surface area contributed by atoms with Gasteiger partial charge < -0.3 is 20.3 Å². The van der Waals surface area contributed by atoms with E-state index >= 15 is 0 Å². The van der Waals surface area contributed by atoms with Crippen LogP contribution in [-0.2, 0) is 0 Å². The maximum atomic E-state index is 12.5. The molecule has 35 heavy (non-hydrogen) atoms. The molecule has 0 amide bonds. The van der Waals surface area contributed by atoms with Gasteiger partial charge in [0.2, 0.25) is 0 Å². The summed E-state index contributed by atoms with van der Waals surface area (Å²) in [4.78, 5) is 20.1. The summed E-state index contributed by atoms with van der Waals surface area (Å²) >= 11 is 1.38. The van der Waals surface area contributed by atoms with E-state index in [1.165, 1.54) is 11.3 Å². The molecule has 0 spiro atoms. The Morgan fingerprint density at radius 3 is 2.26 bits per heavy atom. The van der Waals surface area contributed by atoms with Crippen LogP contribution in [0.5, 0.6) is 0 Å². The van der Waals surface area contributed by atoms with Crippen molar-refractivity contribution in [2.24, 2.45) is 0 Å². The highest BCUT2D eigenvalue weighted by Crippen LogP contribution is 2.37. The van der Waals surface area contributed by atoms with Crippen LogP contribution in [-0.4, -0.2) is 66.6 Å². The lowest BCUT2D eigenvalue weighted by Crippen LogP contribution is -2.51. The van der Waals surface area contributed by atoms with Crippen molar-refractivity contribution < 1.29 is 15.3 Å². The molecule has 0 saturated heterocycles. The van der Waals surface area contributed by atoms with E-state index in [2.05, 4.69) is 15.3 Å². The van der Waals surface area contributed by atoms with Crippen LogP contribution in [0.4, 0.5) is 0 Å². The van der Waals surface area contributed by atoms with Crippen LogP contribution in [0.25, 0.3) is 32.1 Å². The second kappa shape index (κ2) is 10.3. The van der Waals surface area contributed by atoms with E-state index in [-0.39, 0.29) is 12.1 Å². The number of aliphatic hydroxyl groups is 3. The molecule has 0 aliphatic rings. The number of nitrogens with zero attached hydrogens (tertiary/aromatic N) is 1. The van der Waals surface area contributed by atoms with Gasteiger partial charge in [-0.1, -0.05) is 38.1 Å². The molecule has 3 aromatic heterocycles. The average molecular weight is 485 g/mol. The van der Waals surface area contributed by atoms with Gasteiger partial charge in [0, 0.05) is 34.5 Å². The summed E-state index contributed by atoms with van der Waals surface area (Å²) in [5, 5.41) is 32.7. The highest BCUT2D eigenvalue weighted by Gasteiger charge is 2.29. The number of H-pyrrole nitrogens is 1. The van der Waals surface area contributed by atoms with Gasteiger partial charge in [-0.3, -0.25) is 15.1 Å². The topological polar surface area (TPSA) is 118 Å². The molecule has 1 atom stereocenters. The maximum Gasteiger partial charge on any atom is 0.266 e. The van der Waals surface area contributed by atoms with Gasteiger partial charge in [0.1, 0.15) is 4.70 Å². The maximum absolute atomic E-state index is 12.5. The van der Waals surface area contributed by atoms with Crippen molar-refractivity contribution in [3.63, 3.8) is 0 Å². The number of hydrogen-bond acceptors (Lipinski definition) is 7. The van der Waals surface area contributed by atoms with Crippen molar-refractivity contribution in [2.75, 3.05) is 6.54 Å². The van der Waals surface area contributed by atoms with Crippen LogP contribution >= 0.6 is 11.3 Å². The van der Waals surface area contributed by atoms with E-state index in [1.807, 2.05) is 51.3 Å². The fraction of sp³-hybridized carbons (Fsp3) is 0.333. The van der Waals surface area contributed by atoms with Gasteiger partial charge in [-0.05, 0) is 41.8 Å². The molecule has 4 rings (SSSR count). The predicted octanol–water partition coefficient (Wildman–Crippen LogP) is 1.87. The van der Waals surface area contributed by atoms with Crippen LogP contribution in [0, 0.1) is 13.8 Å². The second-order valence-electron chi connectivity index (χ2n) is 8.19. The molecule has 176 valence electrons. The number of pyridine rings is 2. The van der Waals surface area contributed by atoms with Crippen LogP contribution in [0.2, 0.25) is 0 Å². The Labute approximate surface area is 211 Å². The van der Waals surface area contributed by atoms with E-state index in [0.717, 1.165) is 33.3 Å². The van der Waals surface area contributed by atoms with Crippen molar-refractivity contribution in [3.8, 4) is 11.1 Å². The highest BCUT2D eigenvalue weighted by atomic mass is 32.1. The van der Waals surface area contributed by atoms with E-state index in [9.17, 15) is 20.1 Å². The van der Waals surface area contributed by atoms with Crippen molar-refractivity contribution in [2.45, 2.75) is 44.8 Å². The van der Waals surface area contributed by atoms with Crippen LogP contribution < -0.4 is 10.9 Å². The van der Waals surface area contributed by atoms with E-state index in [1.54, 1.807) is 12.1 Å². The zero-order valence-corrected chi connectivity index (χ0v) is 20.9. The number of thiophene rings is 1. The third-order valence-corrected chi connectivity index (χ3v) is 6.58. The molecule has 0 fully saturated rings. The number of rotatable bonds is 6. The third kappa shape index (κ3) is 5.71. The highest BCUT2D eigenvalue weighted by molar-refractivity contribution is 7.17. The third-order valence-electron chi connectivity index (χ3n) is 5.66. The first kappa shape index (κ1) is 27.2. The minimum absolute atomic E-state index is 0.146. The average Bonchev–Trinajstić information content (AvgIpc) is 3.26. The summed E-state index contributed by atoms with van der Waals surface area (Å²) < 4.78 is 0.645. The molecule has 0 aliphatic carbocycles. The lowest BCUT2D eigenvalue weighted by Gasteiger charge is -2.33. The molecule has 0 bridgehead atoms. The first-order chi connectivity index (χ1) is 16.4. The lowest BCUT2D eigenvalue weighted by molar-refractivity contribution is -0.112. The normalized spacial score (nSPS) is 13.0. The van der Waals surface area contributed by atoms with Crippen LogP contribution in [0.1, 0.15) is 36.7 Å². The number of nitrogens with one attached hydrogen (secondary N) is 2. The Kier molecular flexibility index (Phi) is 7.98. The molecule has 6 radical (unpaired) electrons. The second-order valence-corrected chi connectivity index (χ2v) is 9.11. The molecular formula is C24H26B3N3O4S. The number of fused-ring (bicyclic) bond motifs is 3. The number of aromatic amines is 1. The van der Waals surface area contributed by atoms with Crippen molar-refractivity contribution >= 4 is 55.9 Å². The minimum Gasteiger partial charge on any atom is -0.408 e. The molecule has 5 N–H and O–H groups in total. The van der Waals surface area contributed by atoms with Crippen molar-refractivity contribution in [3.05, 3.63) is 63.0 Å². The van der Waals surface area contributed by atoms with E-state index < -0.39 is 17.1 Å². The van der Waals surface area contributed by atoms with Gasteiger partial charge >= 0.3 is 0 Å². The minimum atomic E-state index is -2.64. The van der Waals surface area contributed by atoms with Gasteiger partial charge in [-0.2, -0.15) is 0 Å². The van der Waals surface area contributed by atoms with Gasteiger partial charge in [-0.15, -0.1) is 11.3 Å². The van der Waals surface area contributed by atoms with E-state index in [4.69, 9.17) is 23.5 Å². The molecule has 4 aromatic rings. The molecule has 7 nitrogen and oxygen atoms in total. The van der Waals surface area contributed by atoms with Crippen molar-refractivity contribution in [1.29, 1.82) is 0 Å². The smallest absolute Gasteiger partial charge is 0.266 e. The lowest BCUT2D eigenvalue weighted by atomic mass is 9.56. The zero-order valence-electron chi connectivity index (χ0n) is 20.1. The van der Waals surface area contributed by atoms with E-state index in [0.29, 0.717) is 15.8 Å². The summed E-state index contributed by atoms with van der Waals surface area (Å²) in [6.07, 6.45) is 0. The summed E-state index contributed by atoms with van der Waals surface area (Å²) in [6, 6.07) is 9.08. The summed E-state index contributed by atoms with van der Waals surface area (Å²) in [5.41, 5.74) is 4.34. The Morgan fingerprint density at radius 2 is 1.69 bits per heavy atom. The fourth-order valence-corrected chi connectivity index (χ4v) is 4.96. The Hall–Kier alpha value is -2.43. The first-order valence-electron chi connectivity index (χ1n) is 11.2. The quantitative estimate of drug-likeness (QED) is 0.210.